The Kier molecular flexibility index (Phi) is 1.71. The Morgan fingerprint density at radius 2 is 2.09 bits per heavy atom. The molecular weight excluding hydrogens is 134 g/mol. The van der Waals surface area contributed by atoms with E-state index in [4.69, 9.17) is 5.73 Å². The van der Waals surface area contributed by atoms with Crippen molar-refractivity contribution < 1.29 is 0 Å². The first-order valence-electron chi connectivity index (χ1n) is 4.96. The normalized spacial score (nSPS) is 49.6. The SMILES string of the molecule is C[C@@]1(CN)C[C@H]2CCCC[C@H]21. The maximum atomic E-state index is 5.78. The molecule has 0 spiro atoms. The van der Waals surface area contributed by atoms with Gasteiger partial charge in [-0.3, -0.25) is 0 Å². The first-order chi connectivity index (χ1) is 5.26. The third-order valence-electron chi connectivity index (χ3n) is 4.00. The zero-order valence-electron chi connectivity index (χ0n) is 7.47. The molecule has 0 amide bonds. The molecule has 0 bridgehead atoms. The summed E-state index contributed by atoms with van der Waals surface area (Å²) in [6, 6.07) is 0. The maximum absolute atomic E-state index is 5.78. The van der Waals surface area contributed by atoms with Crippen molar-refractivity contribution in [2.24, 2.45) is 23.0 Å². The van der Waals surface area contributed by atoms with E-state index in [9.17, 15) is 0 Å². The van der Waals surface area contributed by atoms with Crippen LogP contribution in [0.4, 0.5) is 0 Å². The lowest BCUT2D eigenvalue weighted by molar-refractivity contribution is -0.0490. The summed E-state index contributed by atoms with van der Waals surface area (Å²) in [6.07, 6.45) is 7.28. The van der Waals surface area contributed by atoms with E-state index in [1.807, 2.05) is 0 Å². The van der Waals surface area contributed by atoms with E-state index >= 15 is 0 Å². The van der Waals surface area contributed by atoms with Gasteiger partial charge in [0.1, 0.15) is 0 Å². The van der Waals surface area contributed by atoms with Crippen molar-refractivity contribution >= 4 is 0 Å². The molecule has 0 radical (unpaired) electrons. The molecule has 3 atom stereocenters. The van der Waals surface area contributed by atoms with Gasteiger partial charge in [0.25, 0.3) is 0 Å². The van der Waals surface area contributed by atoms with Gasteiger partial charge in [-0.05, 0) is 36.6 Å². The highest BCUT2D eigenvalue weighted by atomic mass is 14.7. The van der Waals surface area contributed by atoms with E-state index in [0.717, 1.165) is 18.4 Å². The van der Waals surface area contributed by atoms with Crippen LogP contribution in [0.2, 0.25) is 0 Å². The van der Waals surface area contributed by atoms with Crippen LogP contribution < -0.4 is 5.73 Å². The molecule has 64 valence electrons. The second-order valence-corrected chi connectivity index (χ2v) is 4.71. The standard InChI is InChI=1S/C10H19N/c1-10(7-11)6-8-4-2-3-5-9(8)10/h8-9H,2-7,11H2,1H3/t8-,9-,10+/m1/s1. The lowest BCUT2D eigenvalue weighted by Gasteiger charge is -2.55. The Hall–Kier alpha value is -0.0400. The number of hydrogen-bond acceptors (Lipinski definition) is 1. The Bertz CT molecular complexity index is 155. The van der Waals surface area contributed by atoms with Crippen LogP contribution in [0.1, 0.15) is 39.0 Å². The van der Waals surface area contributed by atoms with Crippen molar-refractivity contribution in [2.45, 2.75) is 39.0 Å². The van der Waals surface area contributed by atoms with Crippen LogP contribution in [0, 0.1) is 17.3 Å². The molecule has 2 aliphatic rings. The Morgan fingerprint density at radius 1 is 1.36 bits per heavy atom. The molecule has 1 heteroatoms. The number of nitrogens with two attached hydrogens (primary N) is 1. The lowest BCUT2D eigenvalue weighted by Crippen LogP contribution is -2.51. The molecule has 0 aromatic carbocycles. The van der Waals surface area contributed by atoms with Crippen LogP contribution in [0.5, 0.6) is 0 Å². The molecule has 0 aliphatic heterocycles. The van der Waals surface area contributed by atoms with Crippen molar-refractivity contribution in [3.05, 3.63) is 0 Å². The first kappa shape index (κ1) is 7.60. The van der Waals surface area contributed by atoms with E-state index in [0.29, 0.717) is 5.41 Å². The van der Waals surface area contributed by atoms with Crippen molar-refractivity contribution in [1.29, 1.82) is 0 Å². The minimum atomic E-state index is 0.533. The highest BCUT2D eigenvalue weighted by molar-refractivity contribution is 5.00. The van der Waals surface area contributed by atoms with Crippen molar-refractivity contribution in [3.63, 3.8) is 0 Å². The van der Waals surface area contributed by atoms with Gasteiger partial charge in [-0.1, -0.05) is 26.2 Å². The Balaban J connectivity index is 2.00. The van der Waals surface area contributed by atoms with Crippen molar-refractivity contribution in [1.82, 2.24) is 0 Å². The minimum absolute atomic E-state index is 0.533. The highest BCUT2D eigenvalue weighted by Crippen LogP contribution is 2.56. The van der Waals surface area contributed by atoms with Crippen molar-refractivity contribution in [2.75, 3.05) is 6.54 Å². The van der Waals surface area contributed by atoms with Crippen molar-refractivity contribution in [3.8, 4) is 0 Å². The van der Waals surface area contributed by atoms with Crippen LogP contribution in [-0.4, -0.2) is 6.54 Å². The molecule has 2 rings (SSSR count). The molecule has 2 fully saturated rings. The topological polar surface area (TPSA) is 26.0 Å². The summed E-state index contributed by atoms with van der Waals surface area (Å²) >= 11 is 0. The second-order valence-electron chi connectivity index (χ2n) is 4.71. The Labute approximate surface area is 69.4 Å². The quantitative estimate of drug-likeness (QED) is 0.614. The van der Waals surface area contributed by atoms with E-state index in [-0.39, 0.29) is 0 Å². The van der Waals surface area contributed by atoms with Crippen LogP contribution in [-0.2, 0) is 0 Å². The fourth-order valence-corrected chi connectivity index (χ4v) is 3.19. The van der Waals surface area contributed by atoms with E-state index in [1.54, 1.807) is 0 Å². The summed E-state index contributed by atoms with van der Waals surface area (Å²) < 4.78 is 0. The molecule has 1 nitrogen and oxygen atoms in total. The summed E-state index contributed by atoms with van der Waals surface area (Å²) in [6.45, 7) is 3.29. The molecule has 0 unspecified atom stereocenters. The summed E-state index contributed by atoms with van der Waals surface area (Å²) in [7, 11) is 0. The predicted octanol–water partition coefficient (Wildman–Crippen LogP) is 2.16. The number of fused-ring (bicyclic) bond motifs is 1. The van der Waals surface area contributed by atoms with Gasteiger partial charge in [-0.2, -0.15) is 0 Å². The van der Waals surface area contributed by atoms with Gasteiger partial charge in [0, 0.05) is 0 Å². The maximum Gasteiger partial charge on any atom is -0.00203 e. The van der Waals surface area contributed by atoms with Gasteiger partial charge in [0.05, 0.1) is 0 Å². The molecule has 0 saturated heterocycles. The number of hydrogen-bond donors (Lipinski definition) is 1. The molecule has 0 heterocycles. The van der Waals surface area contributed by atoms with Gasteiger partial charge < -0.3 is 5.73 Å². The second kappa shape index (κ2) is 2.48. The Morgan fingerprint density at radius 3 is 2.73 bits per heavy atom. The van der Waals surface area contributed by atoms with Crippen LogP contribution in [0.3, 0.4) is 0 Å². The number of rotatable bonds is 1. The molecule has 11 heavy (non-hydrogen) atoms. The molecular formula is C10H19N. The smallest absolute Gasteiger partial charge is 0.00203 e. The minimum Gasteiger partial charge on any atom is -0.330 e. The van der Waals surface area contributed by atoms with E-state index < -0.39 is 0 Å². The molecule has 2 N–H and O–H groups in total. The van der Waals surface area contributed by atoms with Gasteiger partial charge in [0.15, 0.2) is 0 Å². The van der Waals surface area contributed by atoms with Crippen LogP contribution in [0.15, 0.2) is 0 Å². The summed E-state index contributed by atoms with van der Waals surface area (Å²) in [4.78, 5) is 0. The molecule has 2 aliphatic carbocycles. The fraction of sp³-hybridized carbons (Fsp3) is 1.00. The molecule has 2 saturated carbocycles. The van der Waals surface area contributed by atoms with Gasteiger partial charge >= 0.3 is 0 Å². The zero-order valence-corrected chi connectivity index (χ0v) is 7.47. The third-order valence-corrected chi connectivity index (χ3v) is 4.00. The molecule has 0 aromatic rings. The third kappa shape index (κ3) is 1.01. The van der Waals surface area contributed by atoms with Gasteiger partial charge in [-0.15, -0.1) is 0 Å². The average Bonchev–Trinajstić information content (AvgIpc) is 2.02. The first-order valence-corrected chi connectivity index (χ1v) is 4.96. The molecule has 0 aromatic heterocycles. The fourth-order valence-electron chi connectivity index (χ4n) is 3.19. The zero-order chi connectivity index (χ0) is 7.90. The van der Waals surface area contributed by atoms with Gasteiger partial charge in [0.2, 0.25) is 0 Å². The average molecular weight is 153 g/mol. The van der Waals surface area contributed by atoms with E-state index in [2.05, 4.69) is 6.92 Å². The predicted molar refractivity (Wildman–Crippen MR) is 47.2 cm³/mol. The lowest BCUT2D eigenvalue weighted by atomic mass is 9.50. The monoisotopic (exact) mass is 153 g/mol. The summed E-state index contributed by atoms with van der Waals surface area (Å²) in [5.74, 6) is 2.04. The van der Waals surface area contributed by atoms with Gasteiger partial charge in [-0.25, -0.2) is 0 Å². The summed E-state index contributed by atoms with van der Waals surface area (Å²) in [5.41, 5.74) is 6.31. The largest absolute Gasteiger partial charge is 0.330 e. The van der Waals surface area contributed by atoms with Crippen LogP contribution >= 0.6 is 0 Å². The highest BCUT2D eigenvalue weighted by Gasteiger charge is 2.49. The summed E-state index contributed by atoms with van der Waals surface area (Å²) in [5, 5.41) is 0. The van der Waals surface area contributed by atoms with E-state index in [1.165, 1.54) is 32.1 Å². The van der Waals surface area contributed by atoms with Crippen LogP contribution in [0.25, 0.3) is 0 Å².